The van der Waals surface area contributed by atoms with Crippen LogP contribution in [-0.4, -0.2) is 38.1 Å². The first-order valence-electron chi connectivity index (χ1n) is 7.28. The summed E-state index contributed by atoms with van der Waals surface area (Å²) in [6, 6.07) is 11.5. The first-order valence-corrected chi connectivity index (χ1v) is 9.89. The average molecular weight is 431 g/mol. The number of nitrogens with zero attached hydrogens (tertiary/aromatic N) is 2. The Morgan fingerprint density at radius 1 is 1.19 bits per heavy atom. The van der Waals surface area contributed by atoms with E-state index >= 15 is 0 Å². The fraction of sp³-hybridized carbons (Fsp3) is 0.125. The standard InChI is InChI=1S/C16H16Cl2N4O2S2/c1-22(2)26(23,24)13-7-4-6-12(9-13)20-16(25)21-19-10-11-5-3-8-14(17)15(11)18/h3-10H,1-2H3,(H2,20,21,25). The molecule has 26 heavy (non-hydrogen) atoms. The lowest BCUT2D eigenvalue weighted by Crippen LogP contribution is -2.25. The zero-order valence-electron chi connectivity index (χ0n) is 13.9. The van der Waals surface area contributed by atoms with Crippen LogP contribution in [0.4, 0.5) is 5.69 Å². The Morgan fingerprint density at radius 2 is 1.88 bits per heavy atom. The van der Waals surface area contributed by atoms with Gasteiger partial charge in [0.05, 0.1) is 21.2 Å². The van der Waals surface area contributed by atoms with Crippen LogP contribution >= 0.6 is 35.4 Å². The zero-order chi connectivity index (χ0) is 19.3. The minimum Gasteiger partial charge on any atom is -0.331 e. The molecule has 0 radical (unpaired) electrons. The van der Waals surface area contributed by atoms with E-state index in [2.05, 4.69) is 15.8 Å². The van der Waals surface area contributed by atoms with Gasteiger partial charge in [0.1, 0.15) is 0 Å². The molecule has 0 unspecified atom stereocenters. The SMILES string of the molecule is CN(C)S(=O)(=O)c1cccc(NC(=S)NN=Cc2cccc(Cl)c2Cl)c1. The Labute approximate surface area is 167 Å². The van der Waals surface area contributed by atoms with Gasteiger partial charge in [0.15, 0.2) is 5.11 Å². The molecule has 2 aromatic carbocycles. The number of halogens is 2. The van der Waals surface area contributed by atoms with Crippen LogP contribution in [0.25, 0.3) is 0 Å². The van der Waals surface area contributed by atoms with Crippen molar-refractivity contribution in [1.29, 1.82) is 0 Å². The lowest BCUT2D eigenvalue weighted by molar-refractivity contribution is 0.521. The fourth-order valence-electron chi connectivity index (χ4n) is 1.88. The first kappa shape index (κ1) is 20.6. The highest BCUT2D eigenvalue weighted by Gasteiger charge is 2.17. The summed E-state index contributed by atoms with van der Waals surface area (Å²) in [4.78, 5) is 0.157. The summed E-state index contributed by atoms with van der Waals surface area (Å²) in [5, 5.41) is 7.87. The maximum atomic E-state index is 12.2. The molecule has 0 spiro atoms. The first-order chi connectivity index (χ1) is 12.2. The summed E-state index contributed by atoms with van der Waals surface area (Å²) >= 11 is 17.1. The van der Waals surface area contributed by atoms with Crippen molar-refractivity contribution < 1.29 is 8.42 Å². The summed E-state index contributed by atoms with van der Waals surface area (Å²) in [6.07, 6.45) is 1.48. The van der Waals surface area contributed by atoms with E-state index in [1.165, 1.54) is 32.4 Å². The highest BCUT2D eigenvalue weighted by atomic mass is 35.5. The van der Waals surface area contributed by atoms with E-state index in [0.29, 0.717) is 21.3 Å². The van der Waals surface area contributed by atoms with E-state index in [0.717, 1.165) is 4.31 Å². The molecule has 0 saturated heterocycles. The van der Waals surface area contributed by atoms with Gasteiger partial charge in [-0.15, -0.1) is 0 Å². The van der Waals surface area contributed by atoms with Gasteiger partial charge < -0.3 is 5.32 Å². The third-order valence-corrected chi connectivity index (χ3v) is 6.06. The van der Waals surface area contributed by atoms with E-state index < -0.39 is 10.0 Å². The number of thiocarbonyl (C=S) groups is 1. The number of benzene rings is 2. The Balaban J connectivity index is 2.04. The van der Waals surface area contributed by atoms with Gasteiger partial charge in [0.2, 0.25) is 10.0 Å². The van der Waals surface area contributed by atoms with Crippen molar-refractivity contribution >= 4 is 62.5 Å². The van der Waals surface area contributed by atoms with Crippen molar-refractivity contribution in [2.24, 2.45) is 5.10 Å². The minimum atomic E-state index is -3.52. The second kappa shape index (κ2) is 8.79. The van der Waals surface area contributed by atoms with Gasteiger partial charge in [-0.3, -0.25) is 5.43 Å². The molecule has 0 aromatic heterocycles. The van der Waals surface area contributed by atoms with Crippen LogP contribution in [-0.2, 0) is 10.0 Å². The van der Waals surface area contributed by atoms with Crippen molar-refractivity contribution in [3.63, 3.8) is 0 Å². The van der Waals surface area contributed by atoms with Gasteiger partial charge in [0, 0.05) is 25.3 Å². The molecular weight excluding hydrogens is 415 g/mol. The summed E-state index contributed by atoms with van der Waals surface area (Å²) in [5.74, 6) is 0. The van der Waals surface area contributed by atoms with Crippen LogP contribution in [0.1, 0.15) is 5.56 Å². The summed E-state index contributed by atoms with van der Waals surface area (Å²) in [7, 11) is -0.585. The Bertz CT molecular complexity index is 947. The Morgan fingerprint density at radius 3 is 2.58 bits per heavy atom. The monoisotopic (exact) mass is 430 g/mol. The smallest absolute Gasteiger partial charge is 0.242 e. The molecule has 2 N–H and O–H groups in total. The van der Waals surface area contributed by atoms with Crippen molar-refractivity contribution in [1.82, 2.24) is 9.73 Å². The number of anilines is 1. The molecule has 10 heteroatoms. The number of nitrogens with one attached hydrogen (secondary N) is 2. The predicted octanol–water partition coefficient (Wildman–Crippen LogP) is 3.56. The average Bonchev–Trinajstić information content (AvgIpc) is 2.58. The third kappa shape index (κ3) is 5.15. The molecule has 0 heterocycles. The predicted molar refractivity (Wildman–Crippen MR) is 111 cm³/mol. The van der Waals surface area contributed by atoms with Crippen LogP contribution in [0.15, 0.2) is 52.5 Å². The summed E-state index contributed by atoms with van der Waals surface area (Å²) in [5.41, 5.74) is 3.78. The van der Waals surface area contributed by atoms with Crippen LogP contribution in [0.5, 0.6) is 0 Å². The molecule has 0 aliphatic rings. The fourth-order valence-corrected chi connectivity index (χ4v) is 3.36. The molecule has 2 rings (SSSR count). The van der Waals surface area contributed by atoms with Crippen molar-refractivity contribution in [3.8, 4) is 0 Å². The molecule has 0 fully saturated rings. The number of sulfonamides is 1. The van der Waals surface area contributed by atoms with Crippen LogP contribution < -0.4 is 10.7 Å². The minimum absolute atomic E-state index is 0.157. The quantitative estimate of drug-likeness (QED) is 0.430. The summed E-state index contributed by atoms with van der Waals surface area (Å²) in [6.45, 7) is 0. The van der Waals surface area contributed by atoms with E-state index in [-0.39, 0.29) is 10.0 Å². The van der Waals surface area contributed by atoms with Gasteiger partial charge in [-0.2, -0.15) is 5.10 Å². The van der Waals surface area contributed by atoms with E-state index in [9.17, 15) is 8.42 Å². The molecule has 0 aliphatic carbocycles. The summed E-state index contributed by atoms with van der Waals surface area (Å²) < 4.78 is 25.5. The third-order valence-electron chi connectivity index (χ3n) is 3.22. The molecule has 2 aromatic rings. The van der Waals surface area contributed by atoms with Crippen molar-refractivity contribution in [2.45, 2.75) is 4.90 Å². The second-order valence-corrected chi connectivity index (χ2v) is 8.63. The number of hydrazone groups is 1. The van der Waals surface area contributed by atoms with Crippen LogP contribution in [0.3, 0.4) is 0 Å². The molecule has 0 amide bonds. The van der Waals surface area contributed by atoms with Gasteiger partial charge >= 0.3 is 0 Å². The maximum Gasteiger partial charge on any atom is 0.242 e. The number of rotatable bonds is 5. The van der Waals surface area contributed by atoms with Crippen molar-refractivity contribution in [2.75, 3.05) is 19.4 Å². The largest absolute Gasteiger partial charge is 0.331 e. The topological polar surface area (TPSA) is 73.8 Å². The van der Waals surface area contributed by atoms with Gasteiger partial charge in [-0.1, -0.05) is 41.4 Å². The number of hydrogen-bond acceptors (Lipinski definition) is 4. The molecular formula is C16H16Cl2N4O2S2. The normalized spacial score (nSPS) is 11.7. The highest BCUT2D eigenvalue weighted by Crippen LogP contribution is 2.24. The highest BCUT2D eigenvalue weighted by molar-refractivity contribution is 7.89. The van der Waals surface area contributed by atoms with Crippen LogP contribution in [0.2, 0.25) is 10.0 Å². The second-order valence-electron chi connectivity index (χ2n) is 5.28. The molecule has 6 nitrogen and oxygen atoms in total. The van der Waals surface area contributed by atoms with E-state index in [1.807, 2.05) is 0 Å². The van der Waals surface area contributed by atoms with Gasteiger partial charge in [0.25, 0.3) is 0 Å². The lowest BCUT2D eigenvalue weighted by atomic mass is 10.2. The molecule has 0 atom stereocenters. The Kier molecular flexibility index (Phi) is 6.96. The van der Waals surface area contributed by atoms with Crippen molar-refractivity contribution in [3.05, 3.63) is 58.1 Å². The number of hydrogen-bond donors (Lipinski definition) is 2. The Hall–Kier alpha value is -1.71. The molecule has 0 bridgehead atoms. The lowest BCUT2D eigenvalue weighted by Gasteiger charge is -2.13. The van der Waals surface area contributed by atoms with E-state index in [1.54, 1.807) is 30.3 Å². The van der Waals surface area contributed by atoms with Gasteiger partial charge in [-0.05, 0) is 36.5 Å². The van der Waals surface area contributed by atoms with Crippen LogP contribution in [0, 0.1) is 0 Å². The molecule has 138 valence electrons. The maximum absolute atomic E-state index is 12.2. The molecule has 0 saturated carbocycles. The van der Waals surface area contributed by atoms with Gasteiger partial charge in [-0.25, -0.2) is 12.7 Å². The zero-order valence-corrected chi connectivity index (χ0v) is 17.0. The van der Waals surface area contributed by atoms with E-state index in [4.69, 9.17) is 35.4 Å². The molecule has 0 aliphatic heterocycles.